The highest BCUT2D eigenvalue weighted by atomic mass is 32.2. The van der Waals surface area contributed by atoms with Gasteiger partial charge in [-0.2, -0.15) is 17.5 Å². The number of alkyl halides is 3. The minimum atomic E-state index is -4.59. The van der Waals surface area contributed by atoms with Gasteiger partial charge in [-0.25, -0.2) is 8.42 Å². The largest absolute Gasteiger partial charge is 0.482 e. The van der Waals surface area contributed by atoms with Crippen molar-refractivity contribution in [3.05, 3.63) is 18.2 Å². The summed E-state index contributed by atoms with van der Waals surface area (Å²) >= 11 is 0. The molecule has 2 rings (SSSR count). The Balaban J connectivity index is 2.22. The van der Waals surface area contributed by atoms with E-state index in [9.17, 15) is 26.4 Å². The summed E-state index contributed by atoms with van der Waals surface area (Å²) in [5.74, 6) is -0.967. The molecular weight excluding hydrogens is 429 g/mol. The minimum Gasteiger partial charge on any atom is -0.482 e. The van der Waals surface area contributed by atoms with Crippen LogP contribution in [0.5, 0.6) is 5.75 Å². The van der Waals surface area contributed by atoms with E-state index in [4.69, 9.17) is 14.2 Å². The second kappa shape index (κ2) is 10.9. The molecule has 1 saturated heterocycles. The van der Waals surface area contributed by atoms with Gasteiger partial charge in [0.15, 0.2) is 6.61 Å². The smallest absolute Gasteiger partial charge is 0.422 e. The van der Waals surface area contributed by atoms with Crippen molar-refractivity contribution in [3.8, 4) is 5.75 Å². The van der Waals surface area contributed by atoms with Crippen molar-refractivity contribution in [2.24, 2.45) is 0 Å². The molecule has 1 N–H and O–H groups in total. The Morgan fingerprint density at radius 3 is 2.50 bits per heavy atom. The number of sulfonamides is 1. The lowest BCUT2D eigenvalue weighted by molar-refractivity contribution is -0.153. The van der Waals surface area contributed by atoms with Crippen molar-refractivity contribution in [1.29, 1.82) is 0 Å². The number of anilines is 1. The molecule has 12 heteroatoms. The van der Waals surface area contributed by atoms with Gasteiger partial charge in [0, 0.05) is 20.2 Å². The Kier molecular flexibility index (Phi) is 8.89. The first-order chi connectivity index (χ1) is 14.1. The van der Waals surface area contributed by atoms with E-state index in [0.717, 1.165) is 31.4 Å². The number of halogens is 3. The lowest BCUT2D eigenvalue weighted by Gasteiger charge is -2.26. The van der Waals surface area contributed by atoms with Crippen LogP contribution in [0.3, 0.4) is 0 Å². The Bertz CT molecular complexity index is 811. The summed E-state index contributed by atoms with van der Waals surface area (Å²) in [6, 6.07) is 3.37. The van der Waals surface area contributed by atoms with Gasteiger partial charge in [0.25, 0.3) is 0 Å². The van der Waals surface area contributed by atoms with Crippen molar-refractivity contribution >= 4 is 21.6 Å². The average Bonchev–Trinajstić information content (AvgIpc) is 2.70. The van der Waals surface area contributed by atoms with E-state index in [1.807, 2.05) is 0 Å². The molecule has 1 heterocycles. The van der Waals surface area contributed by atoms with E-state index in [1.54, 1.807) is 0 Å². The minimum absolute atomic E-state index is 0.139. The predicted molar refractivity (Wildman–Crippen MR) is 102 cm³/mol. The van der Waals surface area contributed by atoms with Crippen molar-refractivity contribution in [1.82, 2.24) is 4.31 Å². The van der Waals surface area contributed by atoms with E-state index in [-0.39, 0.29) is 36.2 Å². The molecule has 0 bridgehead atoms. The molecule has 0 spiro atoms. The van der Waals surface area contributed by atoms with Gasteiger partial charge in [0.1, 0.15) is 12.4 Å². The van der Waals surface area contributed by atoms with Gasteiger partial charge in [-0.3, -0.25) is 4.79 Å². The van der Waals surface area contributed by atoms with Crippen LogP contribution in [0.2, 0.25) is 0 Å². The van der Waals surface area contributed by atoms with Crippen LogP contribution in [0, 0.1) is 0 Å². The Labute approximate surface area is 173 Å². The van der Waals surface area contributed by atoms with E-state index < -0.39 is 28.7 Å². The maximum Gasteiger partial charge on any atom is 0.422 e. The van der Waals surface area contributed by atoms with Crippen molar-refractivity contribution in [2.45, 2.75) is 30.3 Å². The topological polar surface area (TPSA) is 94.2 Å². The van der Waals surface area contributed by atoms with Crippen LogP contribution in [0.4, 0.5) is 18.9 Å². The fourth-order valence-electron chi connectivity index (χ4n) is 2.80. The fraction of sp³-hybridized carbons (Fsp3) is 0.611. The summed E-state index contributed by atoms with van der Waals surface area (Å²) in [5, 5.41) is 2.36. The third-order valence-corrected chi connectivity index (χ3v) is 6.13. The standard InChI is InChI=1S/C18H25F3N2O6S/c1-27-9-10-28-12-17(24)22-15-11-14(5-6-16(15)29-13-18(19,20)21)30(25,26)23-7-3-2-4-8-23/h5-6,11H,2-4,7-10,12-13H2,1H3,(H,22,24). The van der Waals surface area contributed by atoms with E-state index >= 15 is 0 Å². The third kappa shape index (κ3) is 7.42. The third-order valence-electron chi connectivity index (χ3n) is 4.23. The van der Waals surface area contributed by atoms with E-state index in [1.165, 1.54) is 17.5 Å². The van der Waals surface area contributed by atoms with Gasteiger partial charge in [0.2, 0.25) is 15.9 Å². The van der Waals surface area contributed by atoms with Crippen LogP contribution in [0.15, 0.2) is 23.1 Å². The molecule has 0 aromatic heterocycles. The molecule has 0 atom stereocenters. The van der Waals surface area contributed by atoms with Crippen LogP contribution >= 0.6 is 0 Å². The number of benzene rings is 1. The number of nitrogens with one attached hydrogen (secondary N) is 1. The second-order valence-corrected chi connectivity index (χ2v) is 8.56. The van der Waals surface area contributed by atoms with Crippen LogP contribution in [0.1, 0.15) is 19.3 Å². The van der Waals surface area contributed by atoms with Gasteiger partial charge in [-0.15, -0.1) is 0 Å². The highest BCUT2D eigenvalue weighted by Gasteiger charge is 2.30. The number of nitrogens with zero attached hydrogens (tertiary/aromatic N) is 1. The van der Waals surface area contributed by atoms with Gasteiger partial charge in [-0.05, 0) is 31.0 Å². The molecule has 170 valence electrons. The molecule has 0 unspecified atom stereocenters. The van der Waals surface area contributed by atoms with Crippen molar-refractivity contribution < 1.29 is 40.6 Å². The molecule has 1 aliphatic heterocycles. The number of ether oxygens (including phenoxy) is 3. The summed E-state index contributed by atoms with van der Waals surface area (Å²) in [7, 11) is -2.39. The lowest BCUT2D eigenvalue weighted by atomic mass is 10.2. The highest BCUT2D eigenvalue weighted by Crippen LogP contribution is 2.31. The van der Waals surface area contributed by atoms with Gasteiger partial charge >= 0.3 is 6.18 Å². The first kappa shape index (κ1) is 24.4. The molecule has 8 nitrogen and oxygen atoms in total. The highest BCUT2D eigenvalue weighted by molar-refractivity contribution is 7.89. The number of methoxy groups -OCH3 is 1. The van der Waals surface area contributed by atoms with Crippen LogP contribution in [-0.2, 0) is 24.3 Å². The molecule has 30 heavy (non-hydrogen) atoms. The summed E-state index contributed by atoms with van der Waals surface area (Å²) in [5.41, 5.74) is -0.183. The zero-order chi connectivity index (χ0) is 22.2. The summed E-state index contributed by atoms with van der Waals surface area (Å²) in [6.45, 7) is -0.835. The zero-order valence-corrected chi connectivity index (χ0v) is 17.4. The average molecular weight is 454 g/mol. The molecular formula is C18H25F3N2O6S. The van der Waals surface area contributed by atoms with E-state index in [2.05, 4.69) is 5.32 Å². The Morgan fingerprint density at radius 1 is 1.17 bits per heavy atom. The lowest BCUT2D eigenvalue weighted by Crippen LogP contribution is -2.35. The molecule has 1 aromatic rings. The molecule has 1 aliphatic rings. The number of carbonyl (C=O) groups is 1. The fourth-order valence-corrected chi connectivity index (χ4v) is 4.34. The van der Waals surface area contributed by atoms with Gasteiger partial charge < -0.3 is 19.5 Å². The number of hydrogen-bond donors (Lipinski definition) is 1. The number of amides is 1. The maximum atomic E-state index is 12.9. The van der Waals surface area contributed by atoms with Crippen LogP contribution in [0.25, 0.3) is 0 Å². The maximum absolute atomic E-state index is 12.9. The van der Waals surface area contributed by atoms with Crippen molar-refractivity contribution in [2.75, 3.05) is 51.9 Å². The monoisotopic (exact) mass is 454 g/mol. The Hall–Kier alpha value is -1.89. The number of hydrogen-bond acceptors (Lipinski definition) is 6. The number of carbonyl (C=O) groups excluding carboxylic acids is 1. The molecule has 1 aromatic carbocycles. The quantitative estimate of drug-likeness (QED) is 0.546. The number of rotatable bonds is 10. The molecule has 0 aliphatic carbocycles. The summed E-state index contributed by atoms with van der Waals surface area (Å²) < 4.78 is 79.2. The molecule has 1 amide bonds. The first-order valence-electron chi connectivity index (χ1n) is 9.34. The van der Waals surface area contributed by atoms with Gasteiger partial charge in [0.05, 0.1) is 23.8 Å². The normalized spacial score (nSPS) is 15.7. The molecule has 1 fully saturated rings. The second-order valence-electron chi connectivity index (χ2n) is 6.62. The van der Waals surface area contributed by atoms with Gasteiger partial charge in [-0.1, -0.05) is 6.42 Å². The number of piperidine rings is 1. The Morgan fingerprint density at radius 2 is 1.87 bits per heavy atom. The van der Waals surface area contributed by atoms with Crippen LogP contribution in [-0.4, -0.2) is 71.4 Å². The summed E-state index contributed by atoms with van der Waals surface area (Å²) in [4.78, 5) is 11.9. The zero-order valence-electron chi connectivity index (χ0n) is 16.5. The molecule has 0 radical (unpaired) electrons. The summed E-state index contributed by atoms with van der Waals surface area (Å²) in [6.07, 6.45) is -2.20. The molecule has 0 saturated carbocycles. The van der Waals surface area contributed by atoms with E-state index in [0.29, 0.717) is 13.1 Å². The first-order valence-corrected chi connectivity index (χ1v) is 10.8. The van der Waals surface area contributed by atoms with Crippen molar-refractivity contribution in [3.63, 3.8) is 0 Å². The van der Waals surface area contributed by atoms with Crippen LogP contribution < -0.4 is 10.1 Å². The SMILES string of the molecule is COCCOCC(=O)Nc1cc(S(=O)(=O)N2CCCCC2)ccc1OCC(F)(F)F. The predicted octanol–water partition coefficient (Wildman–Crippen LogP) is 2.40.